The fraction of sp³-hybridized carbons (Fsp3) is 0.526. The molecule has 1 fully saturated rings. The monoisotopic (exact) mass is 374 g/mol. The lowest BCUT2D eigenvalue weighted by Crippen LogP contribution is -2.49. The van der Waals surface area contributed by atoms with Gasteiger partial charge in [-0.25, -0.2) is 4.98 Å². The Labute approximate surface area is 158 Å². The second-order valence-corrected chi connectivity index (χ2v) is 7.75. The SMILES string of the molecule is CCNC(=O)[C@@H](C)NC(=O)CN1CCCC[C@@H]1c1nc2ccccc2s1. The molecule has 2 aromatic rings. The molecule has 140 valence electrons. The number of likely N-dealkylation sites (N-methyl/N-ethyl adjacent to an activating group) is 1. The van der Waals surface area contributed by atoms with Crippen molar-refractivity contribution >= 4 is 33.4 Å². The van der Waals surface area contributed by atoms with Crippen molar-refractivity contribution in [2.24, 2.45) is 0 Å². The number of benzene rings is 1. The number of likely N-dealkylation sites (tertiary alicyclic amines) is 1. The van der Waals surface area contributed by atoms with E-state index in [0.29, 0.717) is 13.1 Å². The molecular weight excluding hydrogens is 348 g/mol. The number of aromatic nitrogens is 1. The number of hydrogen-bond acceptors (Lipinski definition) is 5. The Hall–Kier alpha value is -1.99. The Morgan fingerprint density at radius 2 is 2.15 bits per heavy atom. The molecule has 0 bridgehead atoms. The van der Waals surface area contributed by atoms with Crippen molar-refractivity contribution in [1.82, 2.24) is 20.5 Å². The van der Waals surface area contributed by atoms with Gasteiger partial charge in [-0.3, -0.25) is 14.5 Å². The molecule has 7 heteroatoms. The first-order valence-electron chi connectivity index (χ1n) is 9.25. The van der Waals surface area contributed by atoms with Crippen LogP contribution in [0.5, 0.6) is 0 Å². The summed E-state index contributed by atoms with van der Waals surface area (Å²) in [5.41, 5.74) is 1.02. The minimum atomic E-state index is -0.520. The first-order valence-corrected chi connectivity index (χ1v) is 10.1. The predicted octanol–water partition coefficient (Wildman–Crippen LogP) is 2.46. The highest BCUT2D eigenvalue weighted by molar-refractivity contribution is 7.18. The average Bonchev–Trinajstić information content (AvgIpc) is 3.06. The normalized spacial score (nSPS) is 19.2. The number of fused-ring (bicyclic) bond motifs is 1. The third-order valence-electron chi connectivity index (χ3n) is 4.68. The van der Waals surface area contributed by atoms with Gasteiger partial charge in [-0.2, -0.15) is 0 Å². The van der Waals surface area contributed by atoms with Gasteiger partial charge in [0.2, 0.25) is 11.8 Å². The van der Waals surface area contributed by atoms with Crippen LogP contribution < -0.4 is 10.6 Å². The topological polar surface area (TPSA) is 74.3 Å². The number of carbonyl (C=O) groups excluding carboxylic acids is 2. The molecule has 0 unspecified atom stereocenters. The van der Waals surface area contributed by atoms with Crippen LogP contribution in [0.25, 0.3) is 10.2 Å². The van der Waals surface area contributed by atoms with Crippen LogP contribution in [0.3, 0.4) is 0 Å². The summed E-state index contributed by atoms with van der Waals surface area (Å²) in [5.74, 6) is -0.265. The van der Waals surface area contributed by atoms with Crippen molar-refractivity contribution < 1.29 is 9.59 Å². The van der Waals surface area contributed by atoms with Gasteiger partial charge in [-0.05, 0) is 45.4 Å². The summed E-state index contributed by atoms with van der Waals surface area (Å²) in [7, 11) is 0. The minimum absolute atomic E-state index is 0.114. The van der Waals surface area contributed by atoms with E-state index in [1.54, 1.807) is 18.3 Å². The van der Waals surface area contributed by atoms with Crippen LogP contribution in [0.2, 0.25) is 0 Å². The lowest BCUT2D eigenvalue weighted by Gasteiger charge is -2.34. The Morgan fingerprint density at radius 3 is 2.92 bits per heavy atom. The predicted molar refractivity (Wildman–Crippen MR) is 104 cm³/mol. The molecule has 1 aromatic heterocycles. The van der Waals surface area contributed by atoms with Gasteiger partial charge in [0.15, 0.2) is 0 Å². The number of rotatable bonds is 6. The van der Waals surface area contributed by atoms with E-state index in [9.17, 15) is 9.59 Å². The second-order valence-electron chi connectivity index (χ2n) is 6.69. The highest BCUT2D eigenvalue weighted by Gasteiger charge is 2.28. The summed E-state index contributed by atoms with van der Waals surface area (Å²) in [6, 6.07) is 7.80. The minimum Gasteiger partial charge on any atom is -0.355 e. The summed E-state index contributed by atoms with van der Waals surface area (Å²) in [5, 5.41) is 6.61. The number of piperidine rings is 1. The van der Waals surface area contributed by atoms with Crippen molar-refractivity contribution in [2.75, 3.05) is 19.6 Å². The number of hydrogen-bond donors (Lipinski definition) is 2. The first kappa shape index (κ1) is 18.8. The molecule has 1 aliphatic rings. The molecule has 2 heterocycles. The molecule has 3 rings (SSSR count). The van der Waals surface area contributed by atoms with Crippen LogP contribution in [0.4, 0.5) is 0 Å². The highest BCUT2D eigenvalue weighted by Crippen LogP contribution is 2.35. The average molecular weight is 375 g/mol. The zero-order valence-electron chi connectivity index (χ0n) is 15.3. The van der Waals surface area contributed by atoms with Gasteiger partial charge in [0.25, 0.3) is 0 Å². The summed E-state index contributed by atoms with van der Waals surface area (Å²) in [6.07, 6.45) is 3.24. The number of nitrogens with zero attached hydrogens (tertiary/aromatic N) is 2. The standard InChI is InChI=1S/C19H26N4O2S/c1-3-20-18(25)13(2)21-17(24)12-23-11-7-6-9-15(23)19-22-14-8-4-5-10-16(14)26-19/h4-5,8,10,13,15H,3,6-7,9,11-12H2,1-2H3,(H,20,25)(H,21,24)/t13-,15-/m1/s1. The van der Waals surface area contributed by atoms with Gasteiger partial charge in [0.05, 0.1) is 22.8 Å². The zero-order valence-corrected chi connectivity index (χ0v) is 16.1. The van der Waals surface area contributed by atoms with E-state index in [4.69, 9.17) is 4.98 Å². The van der Waals surface area contributed by atoms with E-state index in [1.807, 2.05) is 25.1 Å². The molecule has 0 radical (unpaired) electrons. The van der Waals surface area contributed by atoms with E-state index >= 15 is 0 Å². The molecule has 1 aliphatic heterocycles. The summed E-state index contributed by atoms with van der Waals surface area (Å²) >= 11 is 1.71. The Balaban J connectivity index is 1.67. The Morgan fingerprint density at radius 1 is 1.35 bits per heavy atom. The molecule has 1 aromatic carbocycles. The van der Waals surface area contributed by atoms with Crippen molar-refractivity contribution in [1.29, 1.82) is 0 Å². The first-order chi connectivity index (χ1) is 12.6. The van der Waals surface area contributed by atoms with E-state index in [1.165, 1.54) is 4.70 Å². The van der Waals surface area contributed by atoms with Crippen LogP contribution >= 0.6 is 11.3 Å². The van der Waals surface area contributed by atoms with Crippen molar-refractivity contribution in [3.8, 4) is 0 Å². The van der Waals surface area contributed by atoms with Gasteiger partial charge < -0.3 is 10.6 Å². The third-order valence-corrected chi connectivity index (χ3v) is 5.82. The maximum atomic E-state index is 12.4. The fourth-order valence-electron chi connectivity index (χ4n) is 3.36. The molecule has 2 amide bonds. The number of para-hydroxylation sites is 1. The van der Waals surface area contributed by atoms with E-state index in [0.717, 1.165) is 36.3 Å². The molecule has 1 saturated heterocycles. The maximum absolute atomic E-state index is 12.4. The summed E-state index contributed by atoms with van der Waals surface area (Å²) in [4.78, 5) is 31.2. The van der Waals surface area contributed by atoms with E-state index < -0.39 is 6.04 Å². The van der Waals surface area contributed by atoms with Crippen LogP contribution in [-0.4, -0.2) is 47.4 Å². The number of thiazole rings is 1. The zero-order chi connectivity index (χ0) is 18.5. The van der Waals surface area contributed by atoms with Gasteiger partial charge >= 0.3 is 0 Å². The molecule has 0 saturated carbocycles. The smallest absolute Gasteiger partial charge is 0.242 e. The molecule has 2 atom stereocenters. The van der Waals surface area contributed by atoms with Gasteiger partial charge in [0.1, 0.15) is 11.0 Å². The molecule has 26 heavy (non-hydrogen) atoms. The van der Waals surface area contributed by atoms with Crippen LogP contribution in [-0.2, 0) is 9.59 Å². The van der Waals surface area contributed by atoms with Crippen molar-refractivity contribution in [3.05, 3.63) is 29.3 Å². The van der Waals surface area contributed by atoms with Crippen LogP contribution in [0.1, 0.15) is 44.2 Å². The van der Waals surface area contributed by atoms with Crippen LogP contribution in [0, 0.1) is 0 Å². The highest BCUT2D eigenvalue weighted by atomic mass is 32.1. The summed E-state index contributed by atoms with van der Waals surface area (Å²) in [6.45, 7) is 5.31. The molecule has 0 spiro atoms. The summed E-state index contributed by atoms with van der Waals surface area (Å²) < 4.78 is 1.18. The van der Waals surface area contributed by atoms with Crippen LogP contribution in [0.15, 0.2) is 24.3 Å². The molecule has 2 N–H and O–H groups in total. The van der Waals surface area contributed by atoms with Gasteiger partial charge in [0, 0.05) is 6.54 Å². The molecule has 6 nitrogen and oxygen atoms in total. The maximum Gasteiger partial charge on any atom is 0.242 e. The number of carbonyl (C=O) groups is 2. The molecular formula is C19H26N4O2S. The van der Waals surface area contributed by atoms with E-state index in [2.05, 4.69) is 21.6 Å². The largest absolute Gasteiger partial charge is 0.355 e. The number of amides is 2. The van der Waals surface area contributed by atoms with E-state index in [-0.39, 0.29) is 17.9 Å². The van der Waals surface area contributed by atoms with Crippen molar-refractivity contribution in [3.63, 3.8) is 0 Å². The fourth-order valence-corrected chi connectivity index (χ4v) is 4.49. The third kappa shape index (κ3) is 4.40. The Kier molecular flexibility index (Phi) is 6.21. The van der Waals surface area contributed by atoms with Crippen molar-refractivity contribution in [2.45, 2.75) is 45.2 Å². The Bertz CT molecular complexity index is 743. The second kappa shape index (κ2) is 8.60. The quantitative estimate of drug-likeness (QED) is 0.815. The lowest BCUT2D eigenvalue weighted by molar-refractivity contribution is -0.129. The lowest BCUT2D eigenvalue weighted by atomic mass is 10.0. The van der Waals surface area contributed by atoms with Gasteiger partial charge in [-0.15, -0.1) is 11.3 Å². The van der Waals surface area contributed by atoms with Gasteiger partial charge in [-0.1, -0.05) is 18.6 Å². The number of nitrogens with one attached hydrogen (secondary N) is 2. The molecule has 0 aliphatic carbocycles.